The van der Waals surface area contributed by atoms with Crippen molar-refractivity contribution < 1.29 is 13.7 Å². The fourth-order valence-electron chi connectivity index (χ4n) is 3.52. The average molecular weight is 325 g/mol. The Morgan fingerprint density at radius 1 is 1.25 bits per heavy atom. The number of fused-ring (bicyclic) bond motifs is 1. The maximum Gasteiger partial charge on any atom is 0.258 e. The van der Waals surface area contributed by atoms with E-state index in [1.807, 2.05) is 36.1 Å². The van der Waals surface area contributed by atoms with Crippen LogP contribution >= 0.6 is 0 Å². The first-order valence-corrected chi connectivity index (χ1v) is 8.31. The van der Waals surface area contributed by atoms with Crippen LogP contribution in [0.25, 0.3) is 11.0 Å². The lowest BCUT2D eigenvalue weighted by Gasteiger charge is -2.27. The van der Waals surface area contributed by atoms with E-state index in [2.05, 4.69) is 10.1 Å². The van der Waals surface area contributed by atoms with Crippen molar-refractivity contribution in [2.24, 2.45) is 0 Å². The van der Waals surface area contributed by atoms with E-state index in [0.717, 1.165) is 36.7 Å². The molecule has 0 aliphatic carbocycles. The van der Waals surface area contributed by atoms with Crippen LogP contribution in [0.4, 0.5) is 0 Å². The Bertz CT molecular complexity index is 854. The summed E-state index contributed by atoms with van der Waals surface area (Å²) in [4.78, 5) is 19.4. The topological polar surface area (TPSA) is 72.4 Å². The van der Waals surface area contributed by atoms with Crippen LogP contribution < -0.4 is 0 Å². The minimum absolute atomic E-state index is 0.0193. The minimum Gasteiger partial charge on any atom is -0.461 e. The molecule has 1 atom stereocenters. The molecule has 6 heteroatoms. The van der Waals surface area contributed by atoms with Crippen LogP contribution in [-0.2, 0) is 0 Å². The molecule has 3 aromatic rings. The van der Waals surface area contributed by atoms with E-state index in [1.54, 1.807) is 0 Å². The molecule has 0 saturated carbocycles. The first-order valence-electron chi connectivity index (χ1n) is 8.31. The van der Waals surface area contributed by atoms with Crippen molar-refractivity contribution in [3.63, 3.8) is 0 Å². The number of carbonyl (C=O) groups is 1. The van der Waals surface area contributed by atoms with E-state index in [0.29, 0.717) is 23.7 Å². The van der Waals surface area contributed by atoms with Crippen LogP contribution in [0.1, 0.15) is 53.7 Å². The largest absolute Gasteiger partial charge is 0.461 e. The first-order chi connectivity index (χ1) is 11.8. The monoisotopic (exact) mass is 325 g/mol. The van der Waals surface area contributed by atoms with Gasteiger partial charge in [-0.3, -0.25) is 4.79 Å². The van der Waals surface area contributed by atoms with Gasteiger partial charge in [-0.1, -0.05) is 36.2 Å². The molecule has 4 rings (SSSR count). The van der Waals surface area contributed by atoms with E-state index in [1.165, 1.54) is 6.39 Å². The van der Waals surface area contributed by atoms with Crippen LogP contribution in [0, 0.1) is 6.92 Å². The Hall–Kier alpha value is -2.63. The number of benzene rings is 1. The van der Waals surface area contributed by atoms with Gasteiger partial charge in [0.25, 0.3) is 5.91 Å². The smallest absolute Gasteiger partial charge is 0.258 e. The molecule has 124 valence electrons. The van der Waals surface area contributed by atoms with Gasteiger partial charge in [0.1, 0.15) is 11.3 Å². The number of amides is 1. The lowest BCUT2D eigenvalue weighted by Crippen LogP contribution is -2.35. The molecule has 3 heterocycles. The van der Waals surface area contributed by atoms with Gasteiger partial charge in [-0.2, -0.15) is 4.98 Å². The molecular weight excluding hydrogens is 306 g/mol. The van der Waals surface area contributed by atoms with Gasteiger partial charge in [-0.15, -0.1) is 0 Å². The number of hydrogen-bond donors (Lipinski definition) is 0. The zero-order valence-electron chi connectivity index (χ0n) is 13.6. The molecule has 1 amide bonds. The molecule has 0 spiro atoms. The van der Waals surface area contributed by atoms with Crippen molar-refractivity contribution in [3.05, 3.63) is 47.8 Å². The summed E-state index contributed by atoms with van der Waals surface area (Å²) in [6.07, 6.45) is 5.30. The van der Waals surface area contributed by atoms with Crippen molar-refractivity contribution in [1.29, 1.82) is 0 Å². The predicted molar refractivity (Wildman–Crippen MR) is 87.5 cm³/mol. The Morgan fingerprint density at radius 3 is 2.96 bits per heavy atom. The van der Waals surface area contributed by atoms with Crippen molar-refractivity contribution in [2.75, 3.05) is 6.54 Å². The summed E-state index contributed by atoms with van der Waals surface area (Å²) in [6.45, 7) is 2.53. The van der Waals surface area contributed by atoms with Crippen LogP contribution in [0.5, 0.6) is 0 Å². The fraction of sp³-hybridized carbons (Fsp3) is 0.389. The lowest BCUT2D eigenvalue weighted by atomic mass is 10.1. The highest BCUT2D eigenvalue weighted by Crippen LogP contribution is 2.33. The van der Waals surface area contributed by atoms with Gasteiger partial charge < -0.3 is 13.8 Å². The fourth-order valence-corrected chi connectivity index (χ4v) is 3.52. The Labute approximate surface area is 139 Å². The van der Waals surface area contributed by atoms with Gasteiger partial charge in [-0.25, -0.2) is 0 Å². The summed E-state index contributed by atoms with van der Waals surface area (Å²) in [5.41, 5.74) is 1.38. The Kier molecular flexibility index (Phi) is 3.80. The SMILES string of the molecule is Cc1oc2ccccc2c1C(=O)N1CCCCC[C@@H]1c1ncon1. The second-order valence-electron chi connectivity index (χ2n) is 6.18. The number of aromatic nitrogens is 2. The van der Waals surface area contributed by atoms with Crippen molar-refractivity contribution in [1.82, 2.24) is 15.0 Å². The lowest BCUT2D eigenvalue weighted by molar-refractivity contribution is 0.0670. The number of nitrogens with zero attached hydrogens (tertiary/aromatic N) is 3. The second kappa shape index (κ2) is 6.11. The number of carbonyl (C=O) groups excluding carboxylic acids is 1. The van der Waals surface area contributed by atoms with E-state index in [4.69, 9.17) is 8.94 Å². The van der Waals surface area contributed by atoms with E-state index >= 15 is 0 Å². The van der Waals surface area contributed by atoms with Crippen molar-refractivity contribution in [3.8, 4) is 0 Å². The van der Waals surface area contributed by atoms with Crippen LogP contribution in [-0.4, -0.2) is 27.5 Å². The molecule has 1 aromatic carbocycles. The number of para-hydroxylation sites is 1. The predicted octanol–water partition coefficient (Wildman–Crippen LogP) is 3.88. The number of likely N-dealkylation sites (tertiary alicyclic amines) is 1. The Morgan fingerprint density at radius 2 is 2.12 bits per heavy atom. The van der Waals surface area contributed by atoms with Gasteiger partial charge in [0.15, 0.2) is 5.82 Å². The Balaban J connectivity index is 1.76. The molecule has 6 nitrogen and oxygen atoms in total. The zero-order chi connectivity index (χ0) is 16.5. The third kappa shape index (κ3) is 2.48. The molecule has 1 fully saturated rings. The average Bonchev–Trinajstić information content (AvgIpc) is 3.15. The van der Waals surface area contributed by atoms with Gasteiger partial charge in [0.05, 0.1) is 11.6 Å². The number of furan rings is 1. The summed E-state index contributed by atoms with van der Waals surface area (Å²) >= 11 is 0. The minimum atomic E-state index is -0.146. The maximum absolute atomic E-state index is 13.3. The molecule has 1 aliphatic heterocycles. The maximum atomic E-state index is 13.3. The number of aryl methyl sites for hydroxylation is 1. The van der Waals surface area contributed by atoms with Gasteiger partial charge in [-0.05, 0) is 25.8 Å². The van der Waals surface area contributed by atoms with Crippen LogP contribution in [0.15, 0.2) is 39.6 Å². The third-order valence-electron chi connectivity index (χ3n) is 4.68. The highest BCUT2D eigenvalue weighted by atomic mass is 16.5. The molecule has 0 bridgehead atoms. The van der Waals surface area contributed by atoms with Gasteiger partial charge >= 0.3 is 0 Å². The molecule has 24 heavy (non-hydrogen) atoms. The summed E-state index contributed by atoms with van der Waals surface area (Å²) < 4.78 is 10.7. The van der Waals surface area contributed by atoms with Gasteiger partial charge in [0, 0.05) is 11.9 Å². The normalized spacial score (nSPS) is 18.7. The summed E-state index contributed by atoms with van der Waals surface area (Å²) in [5.74, 6) is 1.21. The van der Waals surface area contributed by atoms with Crippen molar-refractivity contribution >= 4 is 16.9 Å². The molecule has 1 saturated heterocycles. The standard InChI is InChI=1S/C18H19N3O3/c1-12-16(13-7-4-5-9-15(13)24-12)18(22)21-10-6-2-3-8-14(21)17-19-11-23-20-17/h4-5,7,9,11,14H,2-3,6,8,10H2,1H3/t14-/m1/s1. The molecule has 0 unspecified atom stereocenters. The molecule has 0 N–H and O–H groups in total. The summed E-state index contributed by atoms with van der Waals surface area (Å²) in [5, 5.41) is 4.83. The molecular formula is C18H19N3O3. The highest BCUT2D eigenvalue weighted by Gasteiger charge is 2.32. The number of rotatable bonds is 2. The molecule has 1 aliphatic rings. The molecule has 2 aromatic heterocycles. The van der Waals surface area contributed by atoms with E-state index in [9.17, 15) is 4.79 Å². The van der Waals surface area contributed by atoms with E-state index < -0.39 is 0 Å². The zero-order valence-corrected chi connectivity index (χ0v) is 13.6. The third-order valence-corrected chi connectivity index (χ3v) is 4.68. The van der Waals surface area contributed by atoms with E-state index in [-0.39, 0.29) is 11.9 Å². The second-order valence-corrected chi connectivity index (χ2v) is 6.18. The quantitative estimate of drug-likeness (QED) is 0.715. The first kappa shape index (κ1) is 14.9. The summed E-state index contributed by atoms with van der Waals surface area (Å²) in [7, 11) is 0. The van der Waals surface area contributed by atoms with Gasteiger partial charge in [0.2, 0.25) is 6.39 Å². The number of hydrogen-bond acceptors (Lipinski definition) is 5. The summed E-state index contributed by atoms with van der Waals surface area (Å²) in [6, 6.07) is 7.51. The van der Waals surface area contributed by atoms with Crippen LogP contribution in [0.3, 0.4) is 0 Å². The highest BCUT2D eigenvalue weighted by molar-refractivity contribution is 6.07. The van der Waals surface area contributed by atoms with Crippen LogP contribution in [0.2, 0.25) is 0 Å². The van der Waals surface area contributed by atoms with Crippen molar-refractivity contribution in [2.45, 2.75) is 38.6 Å². The molecule has 0 radical (unpaired) electrons.